The maximum atomic E-state index is 12.5. The molecule has 0 fully saturated rings. The smallest absolute Gasteiger partial charge is 0.417 e. The molecular weight excluding hydrogens is 249 g/mol. The second kappa shape index (κ2) is 6.22. The van der Waals surface area contributed by atoms with Crippen LogP contribution in [0.4, 0.5) is 13.2 Å². The minimum atomic E-state index is -4.76. The number of aliphatic hydroxyl groups is 1. The molecular formula is C12H19F3O3. The molecule has 0 aromatic heterocycles. The van der Waals surface area contributed by atoms with Gasteiger partial charge in [-0.25, -0.2) is 4.79 Å². The zero-order valence-corrected chi connectivity index (χ0v) is 10.8. The molecule has 6 heteroatoms. The Balaban J connectivity index is 4.78. The Kier molecular flexibility index (Phi) is 5.86. The van der Waals surface area contributed by atoms with Crippen molar-refractivity contribution in [3.8, 4) is 0 Å². The molecule has 0 aromatic carbocycles. The largest absolute Gasteiger partial charge is 0.459 e. The van der Waals surface area contributed by atoms with E-state index in [1.807, 2.05) is 0 Å². The normalized spacial score (nSPS) is 17.1. The van der Waals surface area contributed by atoms with Crippen molar-refractivity contribution in [3.05, 3.63) is 12.7 Å². The molecule has 1 N–H and O–H groups in total. The van der Waals surface area contributed by atoms with Gasteiger partial charge in [0, 0.05) is 12.5 Å². The van der Waals surface area contributed by atoms with E-state index in [0.29, 0.717) is 6.92 Å². The Morgan fingerprint density at radius 2 is 1.94 bits per heavy atom. The summed E-state index contributed by atoms with van der Waals surface area (Å²) in [6.07, 6.45) is -5.31. The number of carbonyl (C=O) groups excluding carboxylic acids is 1. The number of rotatable bonds is 6. The number of carbonyl (C=O) groups is 1. The topological polar surface area (TPSA) is 46.5 Å². The summed E-state index contributed by atoms with van der Waals surface area (Å²) < 4.78 is 42.4. The van der Waals surface area contributed by atoms with Gasteiger partial charge in [-0.05, 0) is 19.3 Å². The first-order valence-electron chi connectivity index (χ1n) is 5.61. The van der Waals surface area contributed by atoms with E-state index in [2.05, 4.69) is 6.58 Å². The summed E-state index contributed by atoms with van der Waals surface area (Å²) in [5.74, 6) is -0.754. The third kappa shape index (κ3) is 5.53. The number of hydrogen-bond acceptors (Lipinski definition) is 3. The first kappa shape index (κ1) is 17.0. The number of esters is 1. The van der Waals surface area contributed by atoms with Gasteiger partial charge in [-0.1, -0.05) is 20.4 Å². The van der Waals surface area contributed by atoms with Gasteiger partial charge in [0.2, 0.25) is 0 Å². The number of hydrogen-bond donors (Lipinski definition) is 1. The first-order valence-corrected chi connectivity index (χ1v) is 5.61. The first-order chi connectivity index (χ1) is 7.99. The van der Waals surface area contributed by atoms with Gasteiger partial charge in [-0.15, -0.1) is 0 Å². The Morgan fingerprint density at radius 1 is 1.44 bits per heavy atom. The summed E-state index contributed by atoms with van der Waals surface area (Å²) >= 11 is 0. The third-order valence-corrected chi connectivity index (χ3v) is 2.42. The summed E-state index contributed by atoms with van der Waals surface area (Å²) in [5.41, 5.74) is -2.88. The van der Waals surface area contributed by atoms with Crippen LogP contribution < -0.4 is 0 Å². The SMILES string of the molecule is C=CC(=O)OC(CC(C)C)CC(C)(O)C(F)(F)F. The molecule has 2 atom stereocenters. The van der Waals surface area contributed by atoms with Crippen molar-refractivity contribution in [2.75, 3.05) is 0 Å². The molecule has 0 bridgehead atoms. The maximum absolute atomic E-state index is 12.5. The Hall–Kier alpha value is -1.04. The summed E-state index contributed by atoms with van der Waals surface area (Å²) in [4.78, 5) is 11.0. The highest BCUT2D eigenvalue weighted by Gasteiger charge is 2.51. The van der Waals surface area contributed by atoms with E-state index in [4.69, 9.17) is 4.74 Å². The quantitative estimate of drug-likeness (QED) is 0.595. The molecule has 0 radical (unpaired) electrons. The summed E-state index contributed by atoms with van der Waals surface area (Å²) in [5, 5.41) is 9.38. The summed E-state index contributed by atoms with van der Waals surface area (Å²) in [7, 11) is 0. The number of alkyl halides is 3. The molecule has 106 valence electrons. The van der Waals surface area contributed by atoms with E-state index in [1.165, 1.54) is 0 Å². The van der Waals surface area contributed by atoms with Gasteiger partial charge in [0.1, 0.15) is 6.10 Å². The van der Waals surface area contributed by atoms with Gasteiger partial charge in [0.05, 0.1) is 0 Å². The number of halogens is 3. The molecule has 3 nitrogen and oxygen atoms in total. The van der Waals surface area contributed by atoms with Crippen LogP contribution in [-0.4, -0.2) is 29.0 Å². The van der Waals surface area contributed by atoms with Crippen molar-refractivity contribution >= 4 is 5.97 Å². The van der Waals surface area contributed by atoms with Gasteiger partial charge in [0.15, 0.2) is 5.60 Å². The molecule has 0 aliphatic carbocycles. The van der Waals surface area contributed by atoms with E-state index in [9.17, 15) is 23.1 Å². The van der Waals surface area contributed by atoms with Gasteiger partial charge in [-0.2, -0.15) is 13.2 Å². The van der Waals surface area contributed by atoms with Crippen LogP contribution in [0.25, 0.3) is 0 Å². The highest BCUT2D eigenvalue weighted by atomic mass is 19.4. The van der Waals surface area contributed by atoms with Crippen LogP contribution >= 0.6 is 0 Å². The second-order valence-electron chi connectivity index (χ2n) is 4.87. The van der Waals surface area contributed by atoms with Crippen molar-refractivity contribution in [1.29, 1.82) is 0 Å². The van der Waals surface area contributed by atoms with Crippen LogP contribution in [0.15, 0.2) is 12.7 Å². The lowest BCUT2D eigenvalue weighted by Crippen LogP contribution is -2.45. The fourth-order valence-corrected chi connectivity index (χ4v) is 1.47. The fraction of sp³-hybridized carbons (Fsp3) is 0.750. The van der Waals surface area contributed by atoms with Crippen LogP contribution in [0.5, 0.6) is 0 Å². The van der Waals surface area contributed by atoms with Crippen LogP contribution in [0.3, 0.4) is 0 Å². The van der Waals surface area contributed by atoms with Crippen LogP contribution in [0, 0.1) is 5.92 Å². The van der Waals surface area contributed by atoms with Crippen LogP contribution in [0.1, 0.15) is 33.6 Å². The fourth-order valence-electron chi connectivity index (χ4n) is 1.47. The van der Waals surface area contributed by atoms with E-state index < -0.39 is 30.3 Å². The molecule has 0 saturated heterocycles. The van der Waals surface area contributed by atoms with Crippen molar-refractivity contribution in [2.45, 2.75) is 51.5 Å². The highest BCUT2D eigenvalue weighted by molar-refractivity contribution is 5.81. The van der Waals surface area contributed by atoms with Gasteiger partial charge in [-0.3, -0.25) is 0 Å². The molecule has 0 heterocycles. The van der Waals surface area contributed by atoms with Crippen LogP contribution in [-0.2, 0) is 9.53 Å². The predicted octanol–water partition coefficient (Wildman–Crippen LogP) is 2.83. The molecule has 0 aliphatic heterocycles. The summed E-state index contributed by atoms with van der Waals surface area (Å²) in [6, 6.07) is 0. The second-order valence-corrected chi connectivity index (χ2v) is 4.87. The molecule has 2 unspecified atom stereocenters. The van der Waals surface area contributed by atoms with Gasteiger partial charge < -0.3 is 9.84 Å². The average Bonchev–Trinajstić information content (AvgIpc) is 2.13. The Labute approximate surface area is 105 Å². The Bertz CT molecular complexity index is 295. The molecule has 18 heavy (non-hydrogen) atoms. The predicted molar refractivity (Wildman–Crippen MR) is 60.8 cm³/mol. The molecule has 0 spiro atoms. The van der Waals surface area contributed by atoms with Crippen LogP contribution in [0.2, 0.25) is 0 Å². The zero-order valence-electron chi connectivity index (χ0n) is 10.8. The standard InChI is InChI=1S/C12H19F3O3/c1-5-10(16)18-9(6-8(2)3)7-11(4,17)12(13,14)15/h5,8-9,17H,1,6-7H2,2-4H3. The molecule has 0 saturated carbocycles. The third-order valence-electron chi connectivity index (χ3n) is 2.42. The van der Waals surface area contributed by atoms with Gasteiger partial charge >= 0.3 is 12.1 Å². The molecule has 0 aliphatic rings. The Morgan fingerprint density at radius 3 is 2.28 bits per heavy atom. The number of ether oxygens (including phenoxy) is 1. The van der Waals surface area contributed by atoms with Gasteiger partial charge in [0.25, 0.3) is 0 Å². The minimum absolute atomic E-state index is 0.0386. The monoisotopic (exact) mass is 268 g/mol. The van der Waals surface area contributed by atoms with E-state index >= 15 is 0 Å². The van der Waals surface area contributed by atoms with Crippen molar-refractivity contribution < 1.29 is 27.8 Å². The maximum Gasteiger partial charge on any atom is 0.417 e. The van der Waals surface area contributed by atoms with Crippen molar-refractivity contribution in [2.24, 2.45) is 5.92 Å². The summed E-state index contributed by atoms with van der Waals surface area (Å²) in [6.45, 7) is 7.42. The lowest BCUT2D eigenvalue weighted by molar-refractivity contribution is -0.262. The average molecular weight is 268 g/mol. The van der Waals surface area contributed by atoms with Crippen molar-refractivity contribution in [1.82, 2.24) is 0 Å². The molecule has 0 aromatic rings. The van der Waals surface area contributed by atoms with E-state index in [-0.39, 0.29) is 12.3 Å². The molecule has 0 rings (SSSR count). The van der Waals surface area contributed by atoms with E-state index in [0.717, 1.165) is 6.08 Å². The van der Waals surface area contributed by atoms with Crippen molar-refractivity contribution in [3.63, 3.8) is 0 Å². The zero-order chi connectivity index (χ0) is 14.6. The highest BCUT2D eigenvalue weighted by Crippen LogP contribution is 2.35. The minimum Gasteiger partial charge on any atom is -0.459 e. The lowest BCUT2D eigenvalue weighted by atomic mass is 9.93. The lowest BCUT2D eigenvalue weighted by Gasteiger charge is -2.30. The van der Waals surface area contributed by atoms with E-state index in [1.54, 1.807) is 13.8 Å². The molecule has 0 amide bonds.